The second-order valence-corrected chi connectivity index (χ2v) is 4.34. The van der Waals surface area contributed by atoms with E-state index < -0.39 is 6.10 Å². The summed E-state index contributed by atoms with van der Waals surface area (Å²) in [6.07, 6.45) is 3.92. The molecule has 2 rings (SSSR count). The van der Waals surface area contributed by atoms with E-state index in [4.69, 9.17) is 4.74 Å². The van der Waals surface area contributed by atoms with Crippen LogP contribution >= 0.6 is 0 Å². The number of aryl methyl sites for hydroxylation is 1. The molecule has 0 radical (unpaired) electrons. The largest absolute Gasteiger partial charge is 0.493 e. The summed E-state index contributed by atoms with van der Waals surface area (Å²) in [6, 6.07) is 7.61. The van der Waals surface area contributed by atoms with Gasteiger partial charge in [-0.25, -0.2) is 4.98 Å². The van der Waals surface area contributed by atoms with Crippen LogP contribution in [0.4, 0.5) is 0 Å². The van der Waals surface area contributed by atoms with Gasteiger partial charge in [0.05, 0.1) is 13.2 Å². The topological polar surface area (TPSA) is 47.3 Å². The van der Waals surface area contributed by atoms with E-state index in [0.717, 1.165) is 23.6 Å². The van der Waals surface area contributed by atoms with Crippen LogP contribution in [0.15, 0.2) is 36.7 Å². The van der Waals surface area contributed by atoms with Crippen molar-refractivity contribution in [1.82, 2.24) is 9.55 Å². The van der Waals surface area contributed by atoms with Crippen LogP contribution in [0.25, 0.3) is 0 Å². The van der Waals surface area contributed by atoms with Crippen LogP contribution in [-0.4, -0.2) is 21.3 Å². The number of hydrogen-bond acceptors (Lipinski definition) is 3. The number of aliphatic hydroxyl groups is 1. The maximum Gasteiger partial charge on any atom is 0.125 e. The number of hydrogen-bond donors (Lipinski definition) is 1. The monoisotopic (exact) mass is 260 g/mol. The molecule has 0 spiro atoms. The van der Waals surface area contributed by atoms with Crippen molar-refractivity contribution in [2.45, 2.75) is 32.9 Å². The molecule has 102 valence electrons. The minimum atomic E-state index is -0.595. The average Bonchev–Trinajstić information content (AvgIpc) is 2.87. The summed E-state index contributed by atoms with van der Waals surface area (Å²) in [7, 11) is 0. The molecule has 0 aliphatic carbocycles. The molecule has 0 bridgehead atoms. The highest BCUT2D eigenvalue weighted by Gasteiger charge is 2.14. The van der Waals surface area contributed by atoms with Gasteiger partial charge >= 0.3 is 0 Å². The van der Waals surface area contributed by atoms with E-state index in [0.29, 0.717) is 13.2 Å². The Morgan fingerprint density at radius 1 is 1.32 bits per heavy atom. The first-order valence-corrected chi connectivity index (χ1v) is 6.66. The van der Waals surface area contributed by atoms with Crippen molar-refractivity contribution in [2.75, 3.05) is 6.61 Å². The zero-order valence-electron chi connectivity index (χ0n) is 11.4. The van der Waals surface area contributed by atoms with Crippen LogP contribution in [0.3, 0.4) is 0 Å². The number of para-hydroxylation sites is 1. The third-order valence-electron chi connectivity index (χ3n) is 3.07. The van der Waals surface area contributed by atoms with Gasteiger partial charge in [-0.2, -0.15) is 0 Å². The molecule has 0 amide bonds. The molecule has 0 aliphatic rings. The Balaban J connectivity index is 2.18. The Labute approximate surface area is 113 Å². The molecule has 1 heterocycles. The SMILES string of the molecule is CCOc1ccccc1C(O)Cn1ccnc1CC. The van der Waals surface area contributed by atoms with Crippen molar-refractivity contribution in [1.29, 1.82) is 0 Å². The summed E-state index contributed by atoms with van der Waals surface area (Å²) >= 11 is 0. The van der Waals surface area contributed by atoms with Gasteiger partial charge < -0.3 is 14.4 Å². The van der Waals surface area contributed by atoms with Gasteiger partial charge in [0.15, 0.2) is 0 Å². The third kappa shape index (κ3) is 3.15. The van der Waals surface area contributed by atoms with E-state index in [-0.39, 0.29) is 0 Å². The molecule has 19 heavy (non-hydrogen) atoms. The van der Waals surface area contributed by atoms with Crippen LogP contribution in [0.5, 0.6) is 5.75 Å². The molecule has 4 heteroatoms. The van der Waals surface area contributed by atoms with Crippen LogP contribution in [0.2, 0.25) is 0 Å². The molecule has 2 aromatic rings. The van der Waals surface area contributed by atoms with E-state index in [1.807, 2.05) is 42.0 Å². The Morgan fingerprint density at radius 2 is 2.11 bits per heavy atom. The Kier molecular flexibility index (Phi) is 4.58. The first kappa shape index (κ1) is 13.6. The van der Waals surface area contributed by atoms with Crippen molar-refractivity contribution in [2.24, 2.45) is 0 Å². The number of ether oxygens (including phenoxy) is 1. The van der Waals surface area contributed by atoms with Gasteiger partial charge in [0.2, 0.25) is 0 Å². The molecule has 0 saturated heterocycles. The highest BCUT2D eigenvalue weighted by Crippen LogP contribution is 2.26. The summed E-state index contributed by atoms with van der Waals surface area (Å²) in [4.78, 5) is 4.26. The van der Waals surface area contributed by atoms with Crippen LogP contribution in [0, 0.1) is 0 Å². The second kappa shape index (κ2) is 6.38. The summed E-state index contributed by atoms with van der Waals surface area (Å²) in [5, 5.41) is 10.4. The van der Waals surface area contributed by atoms with Crippen LogP contribution < -0.4 is 4.74 Å². The number of benzene rings is 1. The second-order valence-electron chi connectivity index (χ2n) is 4.34. The number of aliphatic hydroxyl groups excluding tert-OH is 1. The zero-order valence-corrected chi connectivity index (χ0v) is 11.4. The number of rotatable bonds is 6. The standard InChI is InChI=1S/C15H20N2O2/c1-3-15-16-9-10-17(15)11-13(18)12-7-5-6-8-14(12)19-4-2/h5-10,13,18H,3-4,11H2,1-2H3. The maximum absolute atomic E-state index is 10.4. The van der Waals surface area contributed by atoms with E-state index >= 15 is 0 Å². The minimum absolute atomic E-state index is 0.493. The Morgan fingerprint density at radius 3 is 2.84 bits per heavy atom. The lowest BCUT2D eigenvalue weighted by Crippen LogP contribution is -2.12. The lowest BCUT2D eigenvalue weighted by molar-refractivity contribution is 0.150. The lowest BCUT2D eigenvalue weighted by Gasteiger charge is -2.17. The molecular weight excluding hydrogens is 240 g/mol. The summed E-state index contributed by atoms with van der Waals surface area (Å²) < 4.78 is 7.53. The quantitative estimate of drug-likeness (QED) is 0.868. The Bertz CT molecular complexity index is 522. The molecule has 1 aromatic heterocycles. The van der Waals surface area contributed by atoms with E-state index in [2.05, 4.69) is 11.9 Å². The van der Waals surface area contributed by atoms with Gasteiger partial charge in [-0.1, -0.05) is 25.1 Å². The third-order valence-corrected chi connectivity index (χ3v) is 3.07. The average molecular weight is 260 g/mol. The van der Waals surface area contributed by atoms with Gasteiger partial charge in [-0.15, -0.1) is 0 Å². The molecule has 0 aliphatic heterocycles. The van der Waals surface area contributed by atoms with Gasteiger partial charge in [0.25, 0.3) is 0 Å². The maximum atomic E-state index is 10.4. The van der Waals surface area contributed by atoms with Crippen molar-refractivity contribution in [3.63, 3.8) is 0 Å². The normalized spacial score (nSPS) is 12.4. The van der Waals surface area contributed by atoms with Gasteiger partial charge in [0.1, 0.15) is 17.7 Å². The molecule has 1 atom stereocenters. The zero-order chi connectivity index (χ0) is 13.7. The van der Waals surface area contributed by atoms with Crippen LogP contribution in [-0.2, 0) is 13.0 Å². The molecule has 0 fully saturated rings. The smallest absolute Gasteiger partial charge is 0.125 e. The number of imidazole rings is 1. The predicted octanol–water partition coefficient (Wildman–Crippen LogP) is 2.58. The molecule has 1 aromatic carbocycles. The first-order valence-electron chi connectivity index (χ1n) is 6.66. The lowest BCUT2D eigenvalue weighted by atomic mass is 10.1. The highest BCUT2D eigenvalue weighted by atomic mass is 16.5. The molecule has 1 N–H and O–H groups in total. The van der Waals surface area contributed by atoms with Gasteiger partial charge in [-0.05, 0) is 13.0 Å². The van der Waals surface area contributed by atoms with Crippen molar-refractivity contribution >= 4 is 0 Å². The Hall–Kier alpha value is -1.81. The van der Waals surface area contributed by atoms with E-state index in [1.54, 1.807) is 6.20 Å². The summed E-state index contributed by atoms with van der Waals surface area (Å²) in [5.41, 5.74) is 0.820. The molecular formula is C15H20N2O2. The minimum Gasteiger partial charge on any atom is -0.493 e. The van der Waals surface area contributed by atoms with Crippen molar-refractivity contribution < 1.29 is 9.84 Å². The van der Waals surface area contributed by atoms with Crippen molar-refractivity contribution in [3.05, 3.63) is 48.0 Å². The van der Waals surface area contributed by atoms with E-state index in [1.165, 1.54) is 0 Å². The van der Waals surface area contributed by atoms with Gasteiger partial charge in [-0.3, -0.25) is 0 Å². The fraction of sp³-hybridized carbons (Fsp3) is 0.400. The summed E-state index contributed by atoms with van der Waals surface area (Å²) in [5.74, 6) is 1.73. The predicted molar refractivity (Wildman–Crippen MR) is 74.2 cm³/mol. The van der Waals surface area contributed by atoms with Gasteiger partial charge in [0, 0.05) is 24.4 Å². The molecule has 4 nitrogen and oxygen atoms in total. The van der Waals surface area contributed by atoms with Crippen molar-refractivity contribution in [3.8, 4) is 5.75 Å². The highest BCUT2D eigenvalue weighted by molar-refractivity contribution is 5.35. The first-order chi connectivity index (χ1) is 9.26. The van der Waals surface area contributed by atoms with E-state index in [9.17, 15) is 5.11 Å². The van der Waals surface area contributed by atoms with Crippen LogP contribution in [0.1, 0.15) is 31.3 Å². The number of aromatic nitrogens is 2. The fourth-order valence-electron chi connectivity index (χ4n) is 2.15. The number of nitrogens with zero attached hydrogens (tertiary/aromatic N) is 2. The molecule has 1 unspecified atom stereocenters. The fourth-order valence-corrected chi connectivity index (χ4v) is 2.15. The molecule has 0 saturated carbocycles. The summed E-state index contributed by atoms with van der Waals surface area (Å²) in [6.45, 7) is 5.08.